The van der Waals surface area contributed by atoms with Crippen LogP contribution >= 0.6 is 0 Å². The lowest BCUT2D eigenvalue weighted by Crippen LogP contribution is -2.47. The zero-order valence-corrected chi connectivity index (χ0v) is 13.2. The van der Waals surface area contributed by atoms with E-state index in [1.807, 2.05) is 0 Å². The quantitative estimate of drug-likeness (QED) is 0.852. The minimum Gasteiger partial charge on any atom is -0.316 e. The van der Waals surface area contributed by atoms with Gasteiger partial charge in [0.2, 0.25) is 0 Å². The van der Waals surface area contributed by atoms with Crippen molar-refractivity contribution in [2.45, 2.75) is 58.3 Å². The first-order valence-corrected chi connectivity index (χ1v) is 7.69. The molecule has 0 aromatic heterocycles. The molecule has 1 aliphatic rings. The lowest BCUT2D eigenvalue weighted by Gasteiger charge is -2.47. The molecule has 0 radical (unpaired) electrons. The molecule has 1 heteroatoms. The summed E-state index contributed by atoms with van der Waals surface area (Å²) in [7, 11) is 0. The molecule has 1 aromatic carbocycles. The van der Waals surface area contributed by atoms with Gasteiger partial charge in [-0.3, -0.25) is 0 Å². The van der Waals surface area contributed by atoms with E-state index in [2.05, 4.69) is 64.2 Å². The Hall–Kier alpha value is -0.820. The molecular formula is C18H29N. The number of nitrogens with one attached hydrogen (secondary N) is 1. The van der Waals surface area contributed by atoms with Crippen molar-refractivity contribution in [3.8, 4) is 0 Å². The van der Waals surface area contributed by atoms with Crippen molar-refractivity contribution in [1.82, 2.24) is 5.32 Å². The Morgan fingerprint density at radius 1 is 1.16 bits per heavy atom. The van der Waals surface area contributed by atoms with Crippen molar-refractivity contribution in [2.75, 3.05) is 13.1 Å². The molecule has 1 nitrogen and oxygen atoms in total. The van der Waals surface area contributed by atoms with Crippen molar-refractivity contribution in [2.24, 2.45) is 5.92 Å². The highest BCUT2D eigenvalue weighted by atomic mass is 14.9. The number of hydrogen-bond acceptors (Lipinski definition) is 1. The van der Waals surface area contributed by atoms with Gasteiger partial charge in [-0.1, -0.05) is 58.9 Å². The topological polar surface area (TPSA) is 12.0 Å². The maximum absolute atomic E-state index is 3.55. The third kappa shape index (κ3) is 3.02. The van der Waals surface area contributed by atoms with E-state index in [0.29, 0.717) is 5.41 Å². The summed E-state index contributed by atoms with van der Waals surface area (Å²) in [6, 6.07) is 9.38. The molecule has 1 fully saturated rings. The van der Waals surface area contributed by atoms with Gasteiger partial charge >= 0.3 is 0 Å². The van der Waals surface area contributed by atoms with Crippen LogP contribution in [0.3, 0.4) is 0 Å². The highest BCUT2D eigenvalue weighted by Gasteiger charge is 2.42. The average molecular weight is 259 g/mol. The predicted octanol–water partition coefficient (Wildman–Crippen LogP) is 4.26. The van der Waals surface area contributed by atoms with Crippen LogP contribution in [0.4, 0.5) is 0 Å². The van der Waals surface area contributed by atoms with Gasteiger partial charge < -0.3 is 5.32 Å². The normalized spacial score (nSPS) is 27.1. The van der Waals surface area contributed by atoms with Gasteiger partial charge in [0.1, 0.15) is 0 Å². The molecule has 0 bridgehead atoms. The third-order valence-electron chi connectivity index (χ3n) is 4.56. The second-order valence-electron chi connectivity index (χ2n) is 7.40. The molecule has 0 amide bonds. The van der Waals surface area contributed by atoms with E-state index in [-0.39, 0.29) is 5.41 Å². The van der Waals surface area contributed by atoms with Crippen molar-refractivity contribution >= 4 is 0 Å². The SMILES string of the molecule is CCNCC1(c2ccc(C(C)(C)C)cc2)CC(C)C1. The number of likely N-dealkylation sites (N-methyl/N-ethyl adjacent to an activating group) is 1. The van der Waals surface area contributed by atoms with Crippen molar-refractivity contribution in [3.63, 3.8) is 0 Å². The van der Waals surface area contributed by atoms with Crippen LogP contribution in [0.5, 0.6) is 0 Å². The second-order valence-corrected chi connectivity index (χ2v) is 7.40. The van der Waals surface area contributed by atoms with Crippen LogP contribution in [0.2, 0.25) is 0 Å². The molecule has 0 heterocycles. The Bertz CT molecular complexity index is 404. The minimum atomic E-state index is 0.250. The largest absolute Gasteiger partial charge is 0.316 e. The summed E-state index contributed by atoms with van der Waals surface area (Å²) in [6.07, 6.45) is 2.66. The van der Waals surface area contributed by atoms with Crippen LogP contribution in [-0.4, -0.2) is 13.1 Å². The molecule has 0 spiro atoms. The lowest BCUT2D eigenvalue weighted by atomic mass is 9.59. The van der Waals surface area contributed by atoms with Crippen LogP contribution < -0.4 is 5.32 Å². The summed E-state index contributed by atoms with van der Waals surface area (Å²) >= 11 is 0. The van der Waals surface area contributed by atoms with E-state index in [9.17, 15) is 0 Å². The van der Waals surface area contributed by atoms with Gasteiger partial charge in [0.05, 0.1) is 0 Å². The van der Waals surface area contributed by atoms with Gasteiger partial charge in [0.25, 0.3) is 0 Å². The summed E-state index contributed by atoms with van der Waals surface area (Å²) in [5.74, 6) is 0.876. The molecular weight excluding hydrogens is 230 g/mol. The molecule has 0 atom stereocenters. The molecule has 0 saturated heterocycles. The molecule has 1 N–H and O–H groups in total. The third-order valence-corrected chi connectivity index (χ3v) is 4.56. The first-order valence-electron chi connectivity index (χ1n) is 7.69. The van der Waals surface area contributed by atoms with Crippen LogP contribution in [0.15, 0.2) is 24.3 Å². The first-order chi connectivity index (χ1) is 8.87. The molecule has 19 heavy (non-hydrogen) atoms. The van der Waals surface area contributed by atoms with Gasteiger partial charge in [0, 0.05) is 12.0 Å². The predicted molar refractivity (Wildman–Crippen MR) is 83.8 cm³/mol. The standard InChI is InChI=1S/C18H29N/c1-6-19-13-18(11-14(2)12-18)16-9-7-15(8-10-16)17(3,4)5/h7-10,14,19H,6,11-13H2,1-5H3. The molecule has 0 aliphatic heterocycles. The Labute approximate surface area is 118 Å². The number of benzene rings is 1. The van der Waals surface area contributed by atoms with E-state index < -0.39 is 0 Å². The van der Waals surface area contributed by atoms with E-state index in [4.69, 9.17) is 0 Å². The van der Waals surface area contributed by atoms with Crippen LogP contribution in [0.25, 0.3) is 0 Å². The Morgan fingerprint density at radius 3 is 2.16 bits per heavy atom. The van der Waals surface area contributed by atoms with Crippen molar-refractivity contribution < 1.29 is 0 Å². The summed E-state index contributed by atoms with van der Waals surface area (Å²) in [4.78, 5) is 0. The van der Waals surface area contributed by atoms with Crippen molar-refractivity contribution in [3.05, 3.63) is 35.4 Å². The summed E-state index contributed by atoms with van der Waals surface area (Å²) in [5, 5.41) is 3.55. The van der Waals surface area contributed by atoms with E-state index in [1.165, 1.54) is 24.0 Å². The minimum absolute atomic E-state index is 0.250. The van der Waals surface area contributed by atoms with Gasteiger partial charge in [-0.2, -0.15) is 0 Å². The molecule has 1 saturated carbocycles. The Kier molecular flexibility index (Phi) is 4.06. The average Bonchev–Trinajstić information content (AvgIpc) is 2.32. The van der Waals surface area contributed by atoms with E-state index in [0.717, 1.165) is 19.0 Å². The van der Waals surface area contributed by atoms with Gasteiger partial charge in [-0.25, -0.2) is 0 Å². The maximum atomic E-state index is 3.55. The first kappa shape index (κ1) is 14.6. The van der Waals surface area contributed by atoms with Gasteiger partial charge in [-0.15, -0.1) is 0 Å². The zero-order chi connectivity index (χ0) is 14.1. The van der Waals surface area contributed by atoms with Gasteiger partial charge in [-0.05, 0) is 41.8 Å². The van der Waals surface area contributed by atoms with Crippen molar-refractivity contribution in [1.29, 1.82) is 0 Å². The lowest BCUT2D eigenvalue weighted by molar-refractivity contribution is 0.153. The van der Waals surface area contributed by atoms with Gasteiger partial charge in [0.15, 0.2) is 0 Å². The Morgan fingerprint density at radius 2 is 1.74 bits per heavy atom. The van der Waals surface area contributed by atoms with Crippen LogP contribution in [0.1, 0.15) is 58.6 Å². The van der Waals surface area contributed by atoms with Crippen LogP contribution in [-0.2, 0) is 10.8 Å². The molecule has 1 aliphatic carbocycles. The fourth-order valence-corrected chi connectivity index (χ4v) is 3.44. The molecule has 0 unspecified atom stereocenters. The monoisotopic (exact) mass is 259 g/mol. The summed E-state index contributed by atoms with van der Waals surface area (Å²) in [5.41, 5.74) is 3.60. The highest BCUT2D eigenvalue weighted by Crippen LogP contribution is 2.47. The molecule has 1 aromatic rings. The fourth-order valence-electron chi connectivity index (χ4n) is 3.44. The number of hydrogen-bond donors (Lipinski definition) is 1. The van der Waals surface area contributed by atoms with E-state index >= 15 is 0 Å². The van der Waals surface area contributed by atoms with Crippen LogP contribution in [0, 0.1) is 5.92 Å². The molecule has 106 valence electrons. The zero-order valence-electron chi connectivity index (χ0n) is 13.2. The highest BCUT2D eigenvalue weighted by molar-refractivity contribution is 5.34. The second kappa shape index (κ2) is 5.28. The smallest absolute Gasteiger partial charge is 0.00828 e. The summed E-state index contributed by atoms with van der Waals surface area (Å²) in [6.45, 7) is 13.6. The summed E-state index contributed by atoms with van der Waals surface area (Å²) < 4.78 is 0. The fraction of sp³-hybridized carbons (Fsp3) is 0.667. The Balaban J connectivity index is 2.19. The number of rotatable bonds is 4. The maximum Gasteiger partial charge on any atom is 0.00828 e. The van der Waals surface area contributed by atoms with E-state index in [1.54, 1.807) is 0 Å². The molecule has 2 rings (SSSR count).